The monoisotopic (exact) mass is 495 g/mol. The van der Waals surface area contributed by atoms with E-state index in [1.807, 2.05) is 30.3 Å². The molecule has 0 radical (unpaired) electrons. The van der Waals surface area contributed by atoms with Gasteiger partial charge in [0.1, 0.15) is 24.6 Å². The fourth-order valence-corrected chi connectivity index (χ4v) is 5.10. The number of alkyl carbamates (subject to hydrolysis) is 1. The molecule has 0 saturated carbocycles. The molecule has 1 aromatic carbocycles. The summed E-state index contributed by atoms with van der Waals surface area (Å²) >= 11 is 17.9. The summed E-state index contributed by atoms with van der Waals surface area (Å²) < 4.78 is 7.73. The summed E-state index contributed by atoms with van der Waals surface area (Å²) in [6.45, 7) is 3.17. The Balaban J connectivity index is 1.67. The Morgan fingerprint density at radius 1 is 1.23 bits per heavy atom. The quantitative estimate of drug-likeness (QED) is 0.279. The number of ether oxygens (including phenoxy) is 2. The van der Waals surface area contributed by atoms with E-state index >= 15 is 0 Å². The average molecular weight is 497 g/mol. The van der Waals surface area contributed by atoms with Crippen LogP contribution in [0.25, 0.3) is 0 Å². The van der Waals surface area contributed by atoms with E-state index < -0.39 is 50.2 Å². The van der Waals surface area contributed by atoms with Crippen LogP contribution in [0.2, 0.25) is 0 Å². The Hall–Kier alpha value is -1.39. The number of thioether (sulfide) groups is 1. The van der Waals surface area contributed by atoms with Gasteiger partial charge in [-0.2, -0.15) is 0 Å². The molecule has 0 unspecified atom stereocenters. The second kappa shape index (κ2) is 8.27. The SMILES string of the molecule is CC1(C)S[C@H]2N(C(=O)[C@@]2(N)NC(=O)OCC(Cl)(Cl)Cl)[C@H]1C(=O)OCc1ccccc1. The largest absolute Gasteiger partial charge is 0.459 e. The molecule has 0 aliphatic carbocycles. The van der Waals surface area contributed by atoms with E-state index in [1.165, 1.54) is 16.7 Å². The molecule has 0 bridgehead atoms. The second-order valence-corrected chi connectivity index (χ2v) is 11.7. The van der Waals surface area contributed by atoms with Crippen LogP contribution >= 0.6 is 46.6 Å². The van der Waals surface area contributed by atoms with E-state index in [1.54, 1.807) is 13.8 Å². The summed E-state index contributed by atoms with van der Waals surface area (Å²) in [6.07, 6.45) is -1.01. The van der Waals surface area contributed by atoms with Crippen LogP contribution in [0.3, 0.4) is 0 Å². The predicted octanol–water partition coefficient (Wildman–Crippen LogP) is 2.54. The Bertz CT molecular complexity index is 851. The van der Waals surface area contributed by atoms with Gasteiger partial charge >= 0.3 is 12.1 Å². The van der Waals surface area contributed by atoms with Crippen molar-refractivity contribution in [3.63, 3.8) is 0 Å². The standard InChI is InChI=1S/C18H20Cl3N3O5S/c1-16(2)11(12(25)28-8-10-6-4-3-5-7-10)24-13(26)18(22,14(24)30-16)23-15(27)29-9-17(19,20)21/h3-7,11,14H,8-9,22H2,1-2H3,(H,23,27)/t11-,14+,18+/m0/s1. The first-order valence-corrected chi connectivity index (χ1v) is 10.9. The van der Waals surface area contributed by atoms with Gasteiger partial charge in [0.2, 0.25) is 9.46 Å². The lowest BCUT2D eigenvalue weighted by Crippen LogP contribution is -2.83. The second-order valence-electron chi connectivity index (χ2n) is 7.47. The highest BCUT2D eigenvalue weighted by atomic mass is 35.6. The van der Waals surface area contributed by atoms with E-state index in [-0.39, 0.29) is 6.61 Å². The van der Waals surface area contributed by atoms with Crippen molar-refractivity contribution in [2.75, 3.05) is 6.61 Å². The van der Waals surface area contributed by atoms with Gasteiger partial charge in [-0.3, -0.25) is 15.8 Å². The third kappa shape index (κ3) is 4.60. The van der Waals surface area contributed by atoms with Gasteiger partial charge in [-0.15, -0.1) is 11.8 Å². The Kier molecular flexibility index (Phi) is 6.42. The summed E-state index contributed by atoms with van der Waals surface area (Å²) in [6, 6.07) is 8.33. The van der Waals surface area contributed by atoms with Crippen molar-refractivity contribution in [1.82, 2.24) is 10.2 Å². The summed E-state index contributed by atoms with van der Waals surface area (Å²) in [5, 5.41) is 1.63. The maximum Gasteiger partial charge on any atom is 0.409 e. The highest BCUT2D eigenvalue weighted by Gasteiger charge is 2.71. The van der Waals surface area contributed by atoms with Gasteiger partial charge in [0.05, 0.1) is 0 Å². The van der Waals surface area contributed by atoms with Crippen LogP contribution in [0.15, 0.2) is 30.3 Å². The van der Waals surface area contributed by atoms with E-state index in [2.05, 4.69) is 5.32 Å². The molecular weight excluding hydrogens is 477 g/mol. The topological polar surface area (TPSA) is 111 Å². The average Bonchev–Trinajstić information content (AvgIpc) is 2.94. The summed E-state index contributed by atoms with van der Waals surface area (Å²) in [4.78, 5) is 38.9. The Morgan fingerprint density at radius 3 is 2.47 bits per heavy atom. The fraction of sp³-hybridized carbons (Fsp3) is 0.500. The van der Waals surface area contributed by atoms with Crippen molar-refractivity contribution in [3.8, 4) is 0 Å². The van der Waals surface area contributed by atoms with Crippen molar-refractivity contribution in [3.05, 3.63) is 35.9 Å². The van der Waals surface area contributed by atoms with Crippen molar-refractivity contribution in [2.45, 2.75) is 46.1 Å². The lowest BCUT2D eigenvalue weighted by atomic mass is 9.92. The molecule has 12 heteroatoms. The summed E-state index contributed by atoms with van der Waals surface area (Å²) in [5.74, 6) is -1.17. The van der Waals surface area contributed by atoms with E-state index in [0.29, 0.717) is 0 Å². The van der Waals surface area contributed by atoms with Crippen LogP contribution in [0.4, 0.5) is 4.79 Å². The molecule has 2 fully saturated rings. The number of fused-ring (bicyclic) bond motifs is 1. The highest BCUT2D eigenvalue weighted by Crippen LogP contribution is 2.53. The molecule has 2 heterocycles. The van der Waals surface area contributed by atoms with E-state index in [9.17, 15) is 14.4 Å². The maximum absolute atomic E-state index is 12.8. The number of carbonyl (C=O) groups excluding carboxylic acids is 3. The molecule has 2 aliphatic rings. The molecule has 2 saturated heterocycles. The van der Waals surface area contributed by atoms with Crippen LogP contribution in [-0.2, 0) is 25.7 Å². The van der Waals surface area contributed by atoms with Crippen LogP contribution in [-0.4, -0.2) is 55.1 Å². The Labute approximate surface area is 192 Å². The number of alkyl halides is 3. The number of amides is 2. The minimum absolute atomic E-state index is 0.0823. The number of nitrogens with one attached hydrogen (secondary N) is 1. The number of esters is 1. The molecule has 3 N–H and O–H groups in total. The zero-order chi connectivity index (χ0) is 22.3. The van der Waals surface area contributed by atoms with Crippen molar-refractivity contribution < 1.29 is 23.9 Å². The molecule has 3 rings (SSSR count). The minimum atomic E-state index is -1.80. The third-order valence-electron chi connectivity index (χ3n) is 4.71. The summed E-state index contributed by atoms with van der Waals surface area (Å²) in [7, 11) is 0. The van der Waals surface area contributed by atoms with Crippen molar-refractivity contribution in [1.29, 1.82) is 0 Å². The first kappa shape index (κ1) is 23.3. The molecule has 0 spiro atoms. The molecule has 3 atom stereocenters. The molecule has 1 aromatic rings. The van der Waals surface area contributed by atoms with Gasteiger partial charge in [0.15, 0.2) is 0 Å². The van der Waals surface area contributed by atoms with Gasteiger partial charge < -0.3 is 14.4 Å². The maximum atomic E-state index is 12.8. The molecule has 164 valence electrons. The minimum Gasteiger partial charge on any atom is -0.459 e. The molecule has 30 heavy (non-hydrogen) atoms. The first-order valence-electron chi connectivity index (χ1n) is 8.87. The molecular formula is C18H20Cl3N3O5S. The number of nitrogens with two attached hydrogens (primary N) is 1. The van der Waals surface area contributed by atoms with Gasteiger partial charge in [0.25, 0.3) is 5.91 Å². The zero-order valence-corrected chi connectivity index (χ0v) is 19.1. The predicted molar refractivity (Wildman–Crippen MR) is 114 cm³/mol. The number of nitrogens with zero attached hydrogens (tertiary/aromatic N) is 1. The number of β-lactam (4-membered cyclic amide) rings is 1. The van der Waals surface area contributed by atoms with Crippen LogP contribution < -0.4 is 11.1 Å². The first-order chi connectivity index (χ1) is 13.8. The summed E-state index contributed by atoms with van der Waals surface area (Å²) in [5.41, 5.74) is 5.22. The number of rotatable bonds is 5. The fourth-order valence-electron chi connectivity index (χ4n) is 3.34. The third-order valence-corrected chi connectivity index (χ3v) is 6.69. The van der Waals surface area contributed by atoms with Crippen molar-refractivity contribution in [2.24, 2.45) is 5.73 Å². The molecule has 2 amide bonds. The van der Waals surface area contributed by atoms with Crippen LogP contribution in [0.5, 0.6) is 0 Å². The van der Waals surface area contributed by atoms with E-state index in [0.717, 1.165) is 5.56 Å². The molecule has 0 aromatic heterocycles. The van der Waals surface area contributed by atoms with Gasteiger partial charge in [-0.25, -0.2) is 9.59 Å². The lowest BCUT2D eigenvalue weighted by Gasteiger charge is -2.50. The smallest absolute Gasteiger partial charge is 0.409 e. The number of hydrogen-bond donors (Lipinski definition) is 2. The molecule has 2 aliphatic heterocycles. The van der Waals surface area contributed by atoms with Crippen LogP contribution in [0.1, 0.15) is 19.4 Å². The Morgan fingerprint density at radius 2 is 1.87 bits per heavy atom. The molecule has 8 nitrogen and oxygen atoms in total. The van der Waals surface area contributed by atoms with E-state index in [4.69, 9.17) is 50.0 Å². The number of carbonyl (C=O) groups is 3. The van der Waals surface area contributed by atoms with Gasteiger partial charge in [-0.1, -0.05) is 65.1 Å². The number of hydrogen-bond acceptors (Lipinski definition) is 7. The highest BCUT2D eigenvalue weighted by molar-refractivity contribution is 8.01. The number of halogens is 3. The lowest BCUT2D eigenvalue weighted by molar-refractivity contribution is -0.170. The van der Waals surface area contributed by atoms with Crippen LogP contribution in [0, 0.1) is 0 Å². The van der Waals surface area contributed by atoms with Gasteiger partial charge in [0, 0.05) is 4.75 Å². The number of benzene rings is 1. The van der Waals surface area contributed by atoms with Crippen molar-refractivity contribution >= 4 is 64.5 Å². The zero-order valence-electron chi connectivity index (χ0n) is 16.1. The normalized spacial score (nSPS) is 27.1. The van der Waals surface area contributed by atoms with Gasteiger partial charge in [-0.05, 0) is 19.4 Å².